The van der Waals surface area contributed by atoms with Crippen LogP contribution in [0.4, 0.5) is 8.78 Å². The number of primary amides is 1. The van der Waals surface area contributed by atoms with Crippen LogP contribution in [0, 0.1) is 24.1 Å². The average Bonchev–Trinajstić information content (AvgIpc) is 3.51. The molecule has 1 unspecified atom stereocenters. The highest BCUT2D eigenvalue weighted by atomic mass is 32.2. The molecule has 1 aromatic heterocycles. The standard InChI is InChI=1S/C22H19F2N5O2S/c1-3-6-31-18-11-27-16(10-28-18)15(24)8-12-4-5-14(23)13(7-12)21(2)17-9-22(17,19(25)30)32-20(26)29-21/h1,4-5,7-8,10-11,17H,6,9H2,2H3,(H2,25,30)(H2,26,29)/b15-8-/t17?,21-,22+/m1/s1. The number of halogens is 2. The summed E-state index contributed by atoms with van der Waals surface area (Å²) >= 11 is 1.11. The van der Waals surface area contributed by atoms with Gasteiger partial charge < -0.3 is 16.2 Å². The summed E-state index contributed by atoms with van der Waals surface area (Å²) in [7, 11) is 0. The molecule has 1 fully saturated rings. The van der Waals surface area contributed by atoms with Gasteiger partial charge in [0.2, 0.25) is 11.8 Å². The molecular weight excluding hydrogens is 436 g/mol. The molecule has 1 saturated carbocycles. The van der Waals surface area contributed by atoms with Crippen LogP contribution in [0.3, 0.4) is 0 Å². The van der Waals surface area contributed by atoms with Crippen molar-refractivity contribution in [3.05, 3.63) is 53.2 Å². The van der Waals surface area contributed by atoms with Crippen LogP contribution in [-0.4, -0.2) is 32.4 Å². The Morgan fingerprint density at radius 2 is 2.22 bits per heavy atom. The van der Waals surface area contributed by atoms with Crippen molar-refractivity contribution < 1.29 is 18.3 Å². The second kappa shape index (κ2) is 7.91. The van der Waals surface area contributed by atoms with Gasteiger partial charge in [-0.2, -0.15) is 0 Å². The maximum atomic E-state index is 14.9. The van der Waals surface area contributed by atoms with Crippen molar-refractivity contribution in [2.45, 2.75) is 23.6 Å². The largest absolute Gasteiger partial charge is 0.463 e. The van der Waals surface area contributed by atoms with Crippen LogP contribution >= 0.6 is 11.8 Å². The van der Waals surface area contributed by atoms with E-state index in [1.165, 1.54) is 36.7 Å². The SMILES string of the molecule is C#CCOc1cnc(/C(F)=C/c2ccc(F)c([C@@]3(C)N=C(N)S[C@@]4(C(N)=O)CC43)c2)cn1. The number of amides is 1. The number of benzene rings is 1. The van der Waals surface area contributed by atoms with Crippen molar-refractivity contribution in [2.75, 3.05) is 6.61 Å². The summed E-state index contributed by atoms with van der Waals surface area (Å²) in [4.78, 5) is 24.4. The summed E-state index contributed by atoms with van der Waals surface area (Å²) < 4.78 is 33.8. The molecule has 0 saturated heterocycles. The monoisotopic (exact) mass is 455 g/mol. The van der Waals surface area contributed by atoms with Gasteiger partial charge in [0.05, 0.1) is 17.9 Å². The maximum Gasteiger partial charge on any atom is 0.234 e. The highest BCUT2D eigenvalue weighted by Crippen LogP contribution is 2.65. The van der Waals surface area contributed by atoms with Gasteiger partial charge in [0.15, 0.2) is 17.6 Å². The van der Waals surface area contributed by atoms with E-state index in [4.69, 9.17) is 22.6 Å². The van der Waals surface area contributed by atoms with Gasteiger partial charge >= 0.3 is 0 Å². The van der Waals surface area contributed by atoms with E-state index in [0.717, 1.165) is 11.8 Å². The lowest BCUT2D eigenvalue weighted by atomic mass is 9.84. The summed E-state index contributed by atoms with van der Waals surface area (Å²) in [5, 5.41) is 0.161. The Morgan fingerprint density at radius 3 is 2.88 bits per heavy atom. The minimum absolute atomic E-state index is 0.0208. The number of hydrogen-bond acceptors (Lipinski definition) is 7. The van der Waals surface area contributed by atoms with Crippen molar-refractivity contribution in [2.24, 2.45) is 22.4 Å². The second-order valence-corrected chi connectivity index (χ2v) is 9.03. The molecule has 10 heteroatoms. The lowest BCUT2D eigenvalue weighted by Gasteiger charge is -2.33. The van der Waals surface area contributed by atoms with Crippen LogP contribution in [0.15, 0.2) is 35.6 Å². The van der Waals surface area contributed by atoms with Gasteiger partial charge in [-0.25, -0.2) is 18.7 Å². The fraction of sp³-hybridized carbons (Fsp3) is 0.273. The molecule has 0 radical (unpaired) electrons. The first-order chi connectivity index (χ1) is 15.2. The number of terminal acetylenes is 1. The van der Waals surface area contributed by atoms with E-state index < -0.39 is 27.8 Å². The molecule has 1 aliphatic heterocycles. The number of nitrogens with zero attached hydrogens (tertiary/aromatic N) is 3. The molecule has 2 aromatic rings. The molecule has 7 nitrogen and oxygen atoms in total. The molecule has 2 heterocycles. The number of rotatable bonds is 6. The third-order valence-corrected chi connectivity index (χ3v) is 6.96. The third kappa shape index (κ3) is 3.69. The lowest BCUT2D eigenvalue weighted by Crippen LogP contribution is -2.42. The van der Waals surface area contributed by atoms with E-state index in [0.29, 0.717) is 12.0 Å². The molecule has 0 bridgehead atoms. The fourth-order valence-corrected chi connectivity index (χ4v) is 5.30. The zero-order chi connectivity index (χ0) is 23.1. The molecule has 1 aliphatic carbocycles. The predicted octanol–water partition coefficient (Wildman–Crippen LogP) is 2.62. The molecule has 1 amide bonds. The fourth-order valence-electron chi connectivity index (χ4n) is 3.97. The van der Waals surface area contributed by atoms with Crippen molar-refractivity contribution in [3.63, 3.8) is 0 Å². The number of aliphatic imine (C=N–C) groups is 1. The Bertz CT molecular complexity index is 1190. The van der Waals surface area contributed by atoms with E-state index in [2.05, 4.69) is 20.9 Å². The van der Waals surface area contributed by atoms with Crippen LogP contribution in [0.25, 0.3) is 11.9 Å². The number of nitrogens with two attached hydrogens (primary N) is 2. The number of carbonyl (C=O) groups is 1. The molecule has 3 atom stereocenters. The summed E-state index contributed by atoms with van der Waals surface area (Å²) in [5.41, 5.74) is 11.0. The van der Waals surface area contributed by atoms with Crippen molar-refractivity contribution >= 4 is 34.7 Å². The van der Waals surface area contributed by atoms with E-state index in [-0.39, 0.29) is 34.8 Å². The minimum atomic E-state index is -1.11. The number of hydrogen-bond donors (Lipinski definition) is 2. The van der Waals surface area contributed by atoms with Crippen LogP contribution in [0.2, 0.25) is 0 Å². The number of ether oxygens (including phenoxy) is 1. The highest BCUT2D eigenvalue weighted by Gasteiger charge is 2.70. The van der Waals surface area contributed by atoms with E-state index >= 15 is 0 Å². The number of amidine groups is 1. The second-order valence-electron chi connectivity index (χ2n) is 7.67. The number of carbonyl (C=O) groups excluding carboxylic acids is 1. The molecule has 4 N–H and O–H groups in total. The van der Waals surface area contributed by atoms with Crippen LogP contribution < -0.4 is 16.2 Å². The van der Waals surface area contributed by atoms with Gasteiger partial charge in [-0.3, -0.25) is 9.79 Å². The Kier molecular flexibility index (Phi) is 5.38. The van der Waals surface area contributed by atoms with Crippen molar-refractivity contribution in [1.29, 1.82) is 0 Å². The number of aromatic nitrogens is 2. The van der Waals surface area contributed by atoms with Crippen LogP contribution in [0.5, 0.6) is 5.88 Å². The normalized spacial score (nSPS) is 26.5. The minimum Gasteiger partial charge on any atom is -0.463 e. The zero-order valence-corrected chi connectivity index (χ0v) is 17.8. The summed E-state index contributed by atoms with van der Waals surface area (Å²) in [5.74, 6) is 0.431. The Morgan fingerprint density at radius 1 is 1.44 bits per heavy atom. The smallest absolute Gasteiger partial charge is 0.234 e. The highest BCUT2D eigenvalue weighted by molar-refractivity contribution is 8.15. The van der Waals surface area contributed by atoms with Crippen LogP contribution in [-0.2, 0) is 10.3 Å². The lowest BCUT2D eigenvalue weighted by molar-refractivity contribution is -0.118. The first kappa shape index (κ1) is 21.8. The molecule has 32 heavy (non-hydrogen) atoms. The first-order valence-corrected chi connectivity index (χ1v) is 10.4. The molecule has 4 rings (SSSR count). The van der Waals surface area contributed by atoms with Crippen molar-refractivity contribution in [1.82, 2.24) is 9.97 Å². The van der Waals surface area contributed by atoms with Gasteiger partial charge in [0.25, 0.3) is 0 Å². The Hall–Kier alpha value is -3.45. The molecular formula is C22H19F2N5O2S. The quantitative estimate of drug-likeness (QED) is 0.647. The third-order valence-electron chi connectivity index (χ3n) is 5.64. The summed E-state index contributed by atoms with van der Waals surface area (Å²) in [6.07, 6.45) is 9.21. The van der Waals surface area contributed by atoms with E-state index in [1.54, 1.807) is 6.92 Å². The maximum absolute atomic E-state index is 14.9. The molecule has 1 aromatic carbocycles. The van der Waals surface area contributed by atoms with Gasteiger partial charge in [-0.15, -0.1) is 6.42 Å². The summed E-state index contributed by atoms with van der Waals surface area (Å²) in [6.45, 7) is 1.73. The Balaban J connectivity index is 1.66. The number of fused-ring (bicyclic) bond motifs is 1. The van der Waals surface area contributed by atoms with Crippen LogP contribution in [0.1, 0.15) is 30.2 Å². The molecule has 2 aliphatic rings. The van der Waals surface area contributed by atoms with Gasteiger partial charge in [0.1, 0.15) is 16.3 Å². The molecule has 164 valence electrons. The number of thioether (sulfide) groups is 1. The van der Waals surface area contributed by atoms with Gasteiger partial charge in [0, 0.05) is 11.5 Å². The van der Waals surface area contributed by atoms with Crippen molar-refractivity contribution in [3.8, 4) is 18.2 Å². The predicted molar refractivity (Wildman–Crippen MR) is 118 cm³/mol. The zero-order valence-electron chi connectivity index (χ0n) is 17.0. The van der Waals surface area contributed by atoms with Gasteiger partial charge in [-0.1, -0.05) is 23.7 Å². The molecule has 0 spiro atoms. The van der Waals surface area contributed by atoms with E-state index in [1.807, 2.05) is 0 Å². The van der Waals surface area contributed by atoms with E-state index in [9.17, 15) is 13.6 Å². The average molecular weight is 455 g/mol. The topological polar surface area (TPSA) is 116 Å². The Labute approximate surface area is 187 Å². The first-order valence-electron chi connectivity index (χ1n) is 9.60. The van der Waals surface area contributed by atoms with Gasteiger partial charge in [-0.05, 0) is 37.1 Å². The summed E-state index contributed by atoms with van der Waals surface area (Å²) in [6, 6.07) is 4.14.